The van der Waals surface area contributed by atoms with Crippen LogP contribution in [-0.4, -0.2) is 6.54 Å². The Hall–Kier alpha value is -0.990. The van der Waals surface area contributed by atoms with Crippen LogP contribution in [0.5, 0.6) is 0 Å². The van der Waals surface area contributed by atoms with E-state index in [4.69, 9.17) is 16.0 Å². The van der Waals surface area contributed by atoms with Crippen LogP contribution in [0.1, 0.15) is 51.5 Å². The van der Waals surface area contributed by atoms with Crippen molar-refractivity contribution in [1.29, 1.82) is 0 Å². The number of fused-ring (bicyclic) bond motifs is 1. The first-order valence-corrected chi connectivity index (χ1v) is 8.43. The van der Waals surface area contributed by atoms with E-state index in [0.717, 1.165) is 35.5 Å². The zero-order chi connectivity index (χ0) is 15.1. The molecule has 2 nitrogen and oxygen atoms in total. The lowest BCUT2D eigenvalue weighted by atomic mass is 10.0. The van der Waals surface area contributed by atoms with Crippen LogP contribution < -0.4 is 5.32 Å². The van der Waals surface area contributed by atoms with E-state index >= 15 is 0 Å². The number of rotatable bonds is 9. The topological polar surface area (TPSA) is 25.2 Å². The van der Waals surface area contributed by atoms with Gasteiger partial charge in [0.15, 0.2) is 5.22 Å². The second-order valence-corrected chi connectivity index (χ2v) is 6.47. The monoisotopic (exact) mass is 307 g/mol. The van der Waals surface area contributed by atoms with Crippen molar-refractivity contribution in [3.05, 3.63) is 35.0 Å². The predicted octanol–water partition coefficient (Wildman–Crippen LogP) is 5.78. The van der Waals surface area contributed by atoms with Gasteiger partial charge in [0.2, 0.25) is 0 Å². The maximum atomic E-state index is 6.17. The van der Waals surface area contributed by atoms with E-state index in [0.29, 0.717) is 5.22 Å². The van der Waals surface area contributed by atoms with Gasteiger partial charge in [0, 0.05) is 17.5 Å². The number of nitrogens with one attached hydrogen (secondary N) is 1. The summed E-state index contributed by atoms with van der Waals surface area (Å²) in [4.78, 5) is 0. The van der Waals surface area contributed by atoms with Gasteiger partial charge in [-0.2, -0.15) is 0 Å². The minimum atomic E-state index is 0.514. The summed E-state index contributed by atoms with van der Waals surface area (Å²) in [6, 6.07) is 8.01. The third-order valence-electron chi connectivity index (χ3n) is 3.84. The standard InChI is InChI=1S/C18H26ClNO/c1-14(2)9-5-3-4-8-12-20-13-16-15-10-6-7-11-17(15)21-18(16)19/h6-7,10-11,14,20H,3-5,8-9,12-13H2,1-2H3. The average molecular weight is 308 g/mol. The van der Waals surface area contributed by atoms with Gasteiger partial charge in [-0.3, -0.25) is 0 Å². The fourth-order valence-corrected chi connectivity index (χ4v) is 2.85. The summed E-state index contributed by atoms with van der Waals surface area (Å²) in [5, 5.41) is 5.11. The molecule has 0 aliphatic rings. The Morgan fingerprint density at radius 1 is 1.10 bits per heavy atom. The molecule has 0 amide bonds. The largest absolute Gasteiger partial charge is 0.444 e. The first-order chi connectivity index (χ1) is 10.2. The summed E-state index contributed by atoms with van der Waals surface area (Å²) in [5.74, 6) is 0.833. The fourth-order valence-electron chi connectivity index (χ4n) is 2.60. The van der Waals surface area contributed by atoms with Crippen LogP contribution in [0.15, 0.2) is 28.7 Å². The van der Waals surface area contributed by atoms with Gasteiger partial charge in [0.25, 0.3) is 0 Å². The molecular formula is C18H26ClNO. The molecule has 0 aliphatic heterocycles. The minimum Gasteiger partial charge on any atom is -0.444 e. The smallest absolute Gasteiger partial charge is 0.199 e. The zero-order valence-corrected chi connectivity index (χ0v) is 13.9. The van der Waals surface area contributed by atoms with Crippen LogP contribution in [0.25, 0.3) is 11.0 Å². The van der Waals surface area contributed by atoms with Crippen molar-refractivity contribution in [3.8, 4) is 0 Å². The zero-order valence-electron chi connectivity index (χ0n) is 13.1. The molecule has 0 bridgehead atoms. The van der Waals surface area contributed by atoms with E-state index in [-0.39, 0.29) is 0 Å². The molecule has 0 fully saturated rings. The van der Waals surface area contributed by atoms with E-state index in [2.05, 4.69) is 25.2 Å². The molecule has 2 aromatic rings. The summed E-state index contributed by atoms with van der Waals surface area (Å²) < 4.78 is 5.56. The summed E-state index contributed by atoms with van der Waals surface area (Å²) >= 11 is 6.17. The van der Waals surface area contributed by atoms with E-state index in [1.54, 1.807) is 0 Å². The maximum Gasteiger partial charge on any atom is 0.199 e. The van der Waals surface area contributed by atoms with Gasteiger partial charge in [0.05, 0.1) is 0 Å². The van der Waals surface area contributed by atoms with Gasteiger partial charge in [-0.25, -0.2) is 0 Å². The lowest BCUT2D eigenvalue weighted by molar-refractivity contribution is 0.512. The molecule has 0 radical (unpaired) electrons. The van der Waals surface area contributed by atoms with Crippen LogP contribution >= 0.6 is 11.6 Å². The van der Waals surface area contributed by atoms with E-state index in [1.807, 2.05) is 18.2 Å². The Kier molecular flexibility index (Phi) is 6.59. The Labute approximate surface area is 132 Å². The van der Waals surface area contributed by atoms with Crippen molar-refractivity contribution >= 4 is 22.6 Å². The van der Waals surface area contributed by atoms with Gasteiger partial charge in [-0.1, -0.05) is 57.7 Å². The lowest BCUT2D eigenvalue weighted by Crippen LogP contribution is -2.14. The summed E-state index contributed by atoms with van der Waals surface area (Å²) in [5.41, 5.74) is 1.94. The first-order valence-electron chi connectivity index (χ1n) is 8.05. The Balaban J connectivity index is 1.67. The van der Waals surface area contributed by atoms with Crippen molar-refractivity contribution in [2.24, 2.45) is 5.92 Å². The van der Waals surface area contributed by atoms with E-state index < -0.39 is 0 Å². The second-order valence-electron chi connectivity index (χ2n) is 6.12. The van der Waals surface area contributed by atoms with Gasteiger partial charge in [-0.05, 0) is 36.6 Å². The number of halogens is 1. The van der Waals surface area contributed by atoms with Crippen molar-refractivity contribution in [2.45, 2.75) is 52.5 Å². The quantitative estimate of drug-likeness (QED) is 0.594. The van der Waals surface area contributed by atoms with Crippen LogP contribution in [0.3, 0.4) is 0 Å². The van der Waals surface area contributed by atoms with Crippen molar-refractivity contribution in [2.75, 3.05) is 6.54 Å². The van der Waals surface area contributed by atoms with Crippen molar-refractivity contribution < 1.29 is 4.42 Å². The molecule has 0 atom stereocenters. The molecule has 116 valence electrons. The molecule has 0 saturated carbocycles. The molecular weight excluding hydrogens is 282 g/mol. The highest BCUT2D eigenvalue weighted by atomic mass is 35.5. The molecule has 1 aromatic heterocycles. The van der Waals surface area contributed by atoms with E-state index in [1.165, 1.54) is 32.1 Å². The number of para-hydroxylation sites is 1. The fraction of sp³-hybridized carbons (Fsp3) is 0.556. The SMILES string of the molecule is CC(C)CCCCCCNCc1c(Cl)oc2ccccc12. The van der Waals surface area contributed by atoms with E-state index in [9.17, 15) is 0 Å². The van der Waals surface area contributed by atoms with Gasteiger partial charge in [-0.15, -0.1) is 0 Å². The Morgan fingerprint density at radius 2 is 1.86 bits per heavy atom. The molecule has 2 rings (SSSR count). The highest BCUT2D eigenvalue weighted by molar-refractivity contribution is 6.30. The highest BCUT2D eigenvalue weighted by Crippen LogP contribution is 2.29. The molecule has 0 aliphatic carbocycles. The van der Waals surface area contributed by atoms with Crippen LogP contribution in [0, 0.1) is 5.92 Å². The second kappa shape index (κ2) is 8.45. The highest BCUT2D eigenvalue weighted by Gasteiger charge is 2.10. The molecule has 0 spiro atoms. The van der Waals surface area contributed by atoms with Crippen LogP contribution in [0.2, 0.25) is 5.22 Å². The van der Waals surface area contributed by atoms with Crippen LogP contribution in [0.4, 0.5) is 0 Å². The number of furan rings is 1. The normalized spacial score (nSPS) is 11.6. The number of hydrogen-bond donors (Lipinski definition) is 1. The summed E-state index contributed by atoms with van der Waals surface area (Å²) in [6.07, 6.45) is 6.58. The third kappa shape index (κ3) is 5.05. The first kappa shape index (κ1) is 16.4. The Bertz CT molecular complexity index is 547. The summed E-state index contributed by atoms with van der Waals surface area (Å²) in [7, 11) is 0. The van der Waals surface area contributed by atoms with Crippen molar-refractivity contribution in [1.82, 2.24) is 5.32 Å². The molecule has 0 unspecified atom stereocenters. The molecule has 21 heavy (non-hydrogen) atoms. The van der Waals surface area contributed by atoms with Gasteiger partial charge < -0.3 is 9.73 Å². The van der Waals surface area contributed by atoms with Crippen LogP contribution in [-0.2, 0) is 6.54 Å². The Morgan fingerprint density at radius 3 is 2.67 bits per heavy atom. The molecule has 1 aromatic carbocycles. The maximum absolute atomic E-state index is 6.17. The third-order valence-corrected chi connectivity index (χ3v) is 4.14. The van der Waals surface area contributed by atoms with Gasteiger partial charge >= 0.3 is 0 Å². The minimum absolute atomic E-state index is 0.514. The van der Waals surface area contributed by atoms with Gasteiger partial charge in [0.1, 0.15) is 5.58 Å². The van der Waals surface area contributed by atoms with Crippen molar-refractivity contribution in [3.63, 3.8) is 0 Å². The number of unbranched alkanes of at least 4 members (excludes halogenated alkanes) is 3. The predicted molar refractivity (Wildman–Crippen MR) is 90.9 cm³/mol. The average Bonchev–Trinajstić information content (AvgIpc) is 2.77. The lowest BCUT2D eigenvalue weighted by Gasteiger charge is -2.06. The molecule has 1 N–H and O–H groups in total. The number of benzene rings is 1. The molecule has 1 heterocycles. The molecule has 0 saturated heterocycles. The number of hydrogen-bond acceptors (Lipinski definition) is 2. The summed E-state index contributed by atoms with van der Waals surface area (Å²) in [6.45, 7) is 6.40. The molecule has 3 heteroatoms.